The Hall–Kier alpha value is -3.23. The first kappa shape index (κ1) is 33.7. The predicted octanol–water partition coefficient (Wildman–Crippen LogP) is 3.30. The Morgan fingerprint density at radius 3 is 2.41 bits per heavy atom. The number of imide groups is 1. The minimum absolute atomic E-state index is 0. The lowest BCUT2D eigenvalue weighted by molar-refractivity contribution is -0.130. The highest BCUT2D eigenvalue weighted by Gasteiger charge is 2.37. The van der Waals surface area contributed by atoms with Crippen LogP contribution < -0.4 is 15.5 Å². The van der Waals surface area contributed by atoms with Crippen LogP contribution in [0, 0.1) is 0 Å². The van der Waals surface area contributed by atoms with Crippen LogP contribution in [-0.2, 0) is 23.9 Å². The van der Waals surface area contributed by atoms with Crippen molar-refractivity contribution in [2.75, 3.05) is 55.7 Å². The van der Waals surface area contributed by atoms with Crippen molar-refractivity contribution in [2.24, 2.45) is 5.73 Å². The number of morpholine rings is 1. The molecular weight excluding hydrogens is 633 g/mol. The molecule has 2 aromatic rings. The number of halogens is 2. The van der Waals surface area contributed by atoms with Crippen molar-refractivity contribution in [3.8, 4) is 0 Å². The maximum absolute atomic E-state index is 13.4. The van der Waals surface area contributed by atoms with Gasteiger partial charge >= 0.3 is 6.09 Å². The summed E-state index contributed by atoms with van der Waals surface area (Å²) >= 11 is 7.13. The first-order chi connectivity index (χ1) is 20.7. The van der Waals surface area contributed by atoms with Crippen LogP contribution in [0.15, 0.2) is 36.4 Å². The van der Waals surface area contributed by atoms with E-state index in [1.807, 2.05) is 4.90 Å². The van der Waals surface area contributed by atoms with E-state index in [4.69, 9.17) is 26.8 Å². The molecule has 5 rings (SSSR count). The molecule has 2 N–H and O–H groups in total. The molecule has 3 aliphatic heterocycles. The smallest absolute Gasteiger partial charge is 0.414 e. The number of thiophene rings is 1. The van der Waals surface area contributed by atoms with Gasteiger partial charge in [0.15, 0.2) is 0 Å². The number of anilines is 2. The summed E-state index contributed by atoms with van der Waals surface area (Å²) in [6.45, 7) is 2.40. The van der Waals surface area contributed by atoms with Crippen LogP contribution >= 0.6 is 35.3 Å². The number of ether oxygens (including phenoxy) is 2. The van der Waals surface area contributed by atoms with Crippen LogP contribution in [0.1, 0.15) is 41.8 Å². The first-order valence-electron chi connectivity index (χ1n) is 14.3. The Balaban J connectivity index is 0.00000442. The van der Waals surface area contributed by atoms with Gasteiger partial charge in [-0.15, -0.1) is 23.7 Å². The number of nitrogens with two attached hydrogens (primary N) is 1. The second-order valence-electron chi connectivity index (χ2n) is 10.7. The van der Waals surface area contributed by atoms with Gasteiger partial charge in [-0.1, -0.05) is 11.6 Å². The number of hydrogen-bond acceptors (Lipinski definition) is 9. The molecule has 0 saturated carbocycles. The summed E-state index contributed by atoms with van der Waals surface area (Å²) in [5.41, 5.74) is 6.78. The largest absolute Gasteiger partial charge is 0.442 e. The monoisotopic (exact) mass is 667 g/mol. The van der Waals surface area contributed by atoms with Crippen LogP contribution in [0.25, 0.3) is 0 Å². The molecule has 3 aliphatic rings. The quantitative estimate of drug-likeness (QED) is 0.360. The molecule has 15 heteroatoms. The van der Waals surface area contributed by atoms with Crippen LogP contribution in [0.5, 0.6) is 0 Å². The number of carbonyl (C=O) groups is 5. The molecule has 0 radical (unpaired) electrons. The lowest BCUT2D eigenvalue weighted by Crippen LogP contribution is -2.43. The molecule has 0 spiro atoms. The van der Waals surface area contributed by atoms with E-state index in [1.165, 1.54) is 4.90 Å². The maximum atomic E-state index is 13.4. The Morgan fingerprint density at radius 1 is 1.02 bits per heavy atom. The van der Waals surface area contributed by atoms with E-state index >= 15 is 0 Å². The standard InChI is InChI=1S/C29H34ClN5O7S.ClH/c30-24-11-10-23(43-24)28(39)35(25(36)5-1-2-12-32-13-3-4-22(32)27(31)38)17-21-16-34(29(40)42-21)20-8-6-19(7-9-20)33-14-15-41-18-26(33)37;/h6-11,21-22H,1-5,12-18H2,(H2,31,38);1H/t21-,22+;/m1./s1. The third-order valence-corrected chi connectivity index (χ3v) is 9.05. The molecule has 0 unspecified atom stereocenters. The van der Waals surface area contributed by atoms with Gasteiger partial charge in [0.05, 0.1) is 35.0 Å². The first-order valence-corrected chi connectivity index (χ1v) is 15.5. The van der Waals surface area contributed by atoms with Crippen molar-refractivity contribution < 1.29 is 33.4 Å². The molecule has 1 aromatic heterocycles. The Kier molecular flexibility index (Phi) is 11.6. The molecule has 44 heavy (non-hydrogen) atoms. The van der Waals surface area contributed by atoms with Gasteiger partial charge in [0.25, 0.3) is 11.8 Å². The summed E-state index contributed by atoms with van der Waals surface area (Å²) in [5.74, 6) is -1.34. The van der Waals surface area contributed by atoms with Crippen molar-refractivity contribution in [3.05, 3.63) is 45.6 Å². The van der Waals surface area contributed by atoms with E-state index < -0.39 is 18.1 Å². The number of benzene rings is 1. The van der Waals surface area contributed by atoms with Crippen molar-refractivity contribution >= 4 is 76.4 Å². The molecule has 4 heterocycles. The Morgan fingerprint density at radius 2 is 1.75 bits per heavy atom. The fraction of sp³-hybridized carbons (Fsp3) is 0.483. The number of amides is 5. The second-order valence-corrected chi connectivity index (χ2v) is 12.4. The zero-order valence-corrected chi connectivity index (χ0v) is 26.4. The van der Waals surface area contributed by atoms with Gasteiger partial charge in [0.2, 0.25) is 11.8 Å². The lowest BCUT2D eigenvalue weighted by Gasteiger charge is -2.27. The molecule has 238 valence electrons. The minimum Gasteiger partial charge on any atom is -0.442 e. The van der Waals surface area contributed by atoms with Crippen LogP contribution in [0.2, 0.25) is 4.34 Å². The zero-order valence-electron chi connectivity index (χ0n) is 24.0. The number of hydrogen-bond donors (Lipinski definition) is 1. The van der Waals surface area contributed by atoms with Gasteiger partial charge in [0.1, 0.15) is 12.7 Å². The van der Waals surface area contributed by atoms with Gasteiger partial charge in [-0.2, -0.15) is 0 Å². The number of primary amides is 1. The second kappa shape index (κ2) is 15.2. The summed E-state index contributed by atoms with van der Waals surface area (Å²) in [5, 5.41) is 0. The molecule has 0 bridgehead atoms. The van der Waals surface area contributed by atoms with Gasteiger partial charge < -0.3 is 20.1 Å². The normalized spacial score (nSPS) is 20.4. The Labute approximate surface area is 270 Å². The number of nitrogens with zero attached hydrogens (tertiary/aromatic N) is 4. The van der Waals surface area contributed by atoms with E-state index in [0.29, 0.717) is 53.1 Å². The molecule has 2 atom stereocenters. The highest BCUT2D eigenvalue weighted by Crippen LogP contribution is 2.28. The summed E-state index contributed by atoms with van der Waals surface area (Å²) in [7, 11) is 0. The molecule has 5 amide bonds. The maximum Gasteiger partial charge on any atom is 0.414 e. The average Bonchev–Trinajstić information content (AvgIpc) is 3.74. The predicted molar refractivity (Wildman–Crippen MR) is 167 cm³/mol. The van der Waals surface area contributed by atoms with Crippen molar-refractivity contribution in [1.82, 2.24) is 9.80 Å². The number of likely N-dealkylation sites (tertiary alicyclic amines) is 1. The van der Waals surface area contributed by atoms with Gasteiger partial charge in [-0.05, 0) is 75.2 Å². The number of unbranched alkanes of at least 4 members (excludes halogenated alkanes) is 1. The summed E-state index contributed by atoms with van der Waals surface area (Å²) < 4.78 is 11.2. The van der Waals surface area contributed by atoms with E-state index in [0.717, 1.165) is 35.6 Å². The van der Waals surface area contributed by atoms with Crippen molar-refractivity contribution in [3.63, 3.8) is 0 Å². The van der Waals surface area contributed by atoms with Crippen molar-refractivity contribution in [2.45, 2.75) is 44.2 Å². The van der Waals surface area contributed by atoms with Gasteiger partial charge in [0, 0.05) is 24.3 Å². The Bertz CT molecular complexity index is 1370. The number of carbonyl (C=O) groups excluding carboxylic acids is 5. The average molecular weight is 669 g/mol. The third-order valence-electron chi connectivity index (χ3n) is 7.83. The fourth-order valence-corrected chi connectivity index (χ4v) is 6.63. The van der Waals surface area contributed by atoms with Crippen LogP contribution in [-0.4, -0.2) is 97.6 Å². The zero-order chi connectivity index (χ0) is 30.5. The molecule has 12 nitrogen and oxygen atoms in total. The summed E-state index contributed by atoms with van der Waals surface area (Å²) in [6.07, 6.45) is 1.63. The lowest BCUT2D eigenvalue weighted by atomic mass is 10.1. The number of cyclic esters (lactones) is 1. The molecule has 0 aliphatic carbocycles. The van der Waals surface area contributed by atoms with E-state index in [-0.39, 0.29) is 62.3 Å². The molecular formula is C29H35Cl2N5O7S. The molecule has 3 fully saturated rings. The van der Waals surface area contributed by atoms with Gasteiger partial charge in [-0.3, -0.25) is 33.9 Å². The third kappa shape index (κ3) is 7.88. The fourth-order valence-electron chi connectivity index (χ4n) is 5.64. The number of rotatable bonds is 11. The highest BCUT2D eigenvalue weighted by atomic mass is 35.5. The van der Waals surface area contributed by atoms with Crippen molar-refractivity contribution in [1.29, 1.82) is 0 Å². The topological polar surface area (TPSA) is 143 Å². The van der Waals surface area contributed by atoms with Crippen LogP contribution in [0.3, 0.4) is 0 Å². The SMILES string of the molecule is Cl.NC(=O)[C@@H]1CCCN1CCCCC(=O)N(C[C@H]1CN(c2ccc(N3CCOCC3=O)cc2)C(=O)O1)C(=O)c1ccc(Cl)s1. The highest BCUT2D eigenvalue weighted by molar-refractivity contribution is 7.18. The van der Waals surface area contributed by atoms with Crippen LogP contribution in [0.4, 0.5) is 16.2 Å². The molecule has 1 aromatic carbocycles. The van der Waals surface area contributed by atoms with E-state index in [9.17, 15) is 24.0 Å². The van der Waals surface area contributed by atoms with E-state index in [2.05, 4.69) is 0 Å². The van der Waals surface area contributed by atoms with Gasteiger partial charge in [-0.25, -0.2) is 4.79 Å². The minimum atomic E-state index is -0.739. The summed E-state index contributed by atoms with van der Waals surface area (Å²) in [4.78, 5) is 70.0. The molecule has 3 saturated heterocycles. The van der Waals surface area contributed by atoms with E-state index in [1.54, 1.807) is 41.3 Å². The summed E-state index contributed by atoms with van der Waals surface area (Å²) in [6, 6.07) is 9.87.